The minimum atomic E-state index is -1.55. The van der Waals surface area contributed by atoms with Gasteiger partial charge in [-0.05, 0) is 177 Å². The molecule has 0 radical (unpaired) electrons. The Morgan fingerprint density at radius 2 is 0.589 bits per heavy atom. The number of carbonyl (C=O) groups is 8. The third-order valence-electron chi connectivity index (χ3n) is 14.9. The van der Waals surface area contributed by atoms with Crippen LogP contribution in [0.15, 0.2) is 201 Å². The third-order valence-corrected chi connectivity index (χ3v) is 14.9. The van der Waals surface area contributed by atoms with Crippen LogP contribution in [0.3, 0.4) is 0 Å². The number of aromatic nitrogens is 2. The van der Waals surface area contributed by atoms with E-state index in [2.05, 4.69) is 21.3 Å². The van der Waals surface area contributed by atoms with Gasteiger partial charge in [0.15, 0.2) is 0 Å². The van der Waals surface area contributed by atoms with E-state index in [1.165, 1.54) is 128 Å². The lowest BCUT2D eigenvalue weighted by Crippen LogP contribution is -2.25. The maximum Gasteiger partial charge on any atom is 0.338 e. The molecule has 6 N–H and O–H groups in total. The first-order valence-electron chi connectivity index (χ1n) is 28.3. The molecular formula is C70H48N6O19. The topological polar surface area (TPSA) is 349 Å². The summed E-state index contributed by atoms with van der Waals surface area (Å²) in [6.07, 6.45) is 0. The summed E-state index contributed by atoms with van der Waals surface area (Å²) >= 11 is 0. The van der Waals surface area contributed by atoms with Crippen LogP contribution in [0.25, 0.3) is 32.9 Å². The van der Waals surface area contributed by atoms with Crippen molar-refractivity contribution in [3.8, 4) is 45.9 Å². The van der Waals surface area contributed by atoms with E-state index in [1.807, 2.05) is 19.1 Å². The molecule has 0 aliphatic carbocycles. The number of benzene rings is 9. The molecule has 0 aliphatic rings. The van der Waals surface area contributed by atoms with Gasteiger partial charge in [-0.25, -0.2) is 28.3 Å². The number of carboxylic acid groups (broad SMARTS) is 2. The van der Waals surface area contributed by atoms with Crippen molar-refractivity contribution >= 4 is 86.1 Å². The number of carbonyl (C=O) groups excluding carboxylic acids is 6. The Bertz CT molecular complexity index is 5130. The Morgan fingerprint density at radius 1 is 0.337 bits per heavy atom. The quantitative estimate of drug-likeness (QED) is 0.0410. The molecule has 9 aromatic carbocycles. The number of aryl methyl sites for hydroxylation is 1. The lowest BCUT2D eigenvalue weighted by Gasteiger charge is -2.14. The number of fused-ring (bicyclic) bond motifs is 2. The van der Waals surface area contributed by atoms with Gasteiger partial charge < -0.3 is 55.2 Å². The summed E-state index contributed by atoms with van der Waals surface area (Å²) in [5.74, 6) is -6.43. The van der Waals surface area contributed by atoms with Gasteiger partial charge in [-0.15, -0.1) is 0 Å². The number of nitrogens with one attached hydrogen (secondary N) is 4. The highest BCUT2D eigenvalue weighted by Gasteiger charge is 2.29. The fourth-order valence-corrected chi connectivity index (χ4v) is 10.2. The molecule has 0 unspecified atom stereocenters. The zero-order valence-electron chi connectivity index (χ0n) is 50.0. The average molecular weight is 1280 g/mol. The number of methoxy groups -OCH3 is 2. The number of amides is 4. The molecule has 25 nitrogen and oxygen atoms in total. The number of esters is 2. The second-order valence-electron chi connectivity index (χ2n) is 20.9. The Labute approximate surface area is 534 Å². The second kappa shape index (κ2) is 26.1. The number of nitrogens with zero attached hydrogens (tertiary/aromatic N) is 2. The second-order valence-corrected chi connectivity index (χ2v) is 20.9. The molecule has 0 spiro atoms. The van der Waals surface area contributed by atoms with Crippen LogP contribution in [0, 0.1) is 6.92 Å². The van der Waals surface area contributed by atoms with E-state index in [0.717, 1.165) is 53.2 Å². The molecule has 2 aromatic heterocycles. The smallest absolute Gasteiger partial charge is 0.338 e. The van der Waals surface area contributed by atoms with Crippen LogP contribution in [0.5, 0.6) is 34.5 Å². The molecule has 11 aromatic rings. The van der Waals surface area contributed by atoms with Gasteiger partial charge in [-0.2, -0.15) is 0 Å². The van der Waals surface area contributed by atoms with Crippen molar-refractivity contribution in [2.45, 2.75) is 6.92 Å². The summed E-state index contributed by atoms with van der Waals surface area (Å²) in [6, 6.07) is 43.4. The number of hydrogen-bond acceptors (Lipinski definition) is 17. The van der Waals surface area contributed by atoms with Gasteiger partial charge in [-0.3, -0.25) is 38.4 Å². The van der Waals surface area contributed by atoms with E-state index in [0.29, 0.717) is 11.5 Å². The van der Waals surface area contributed by atoms with Crippen LogP contribution in [-0.4, -0.2) is 88.1 Å². The number of carboxylic acids is 2. The standard InChI is InChI=1S/C70H48N6O19/c1-35-5-17-41(18-6-35)93-42-19-7-36(8-20-42)72-60(78)48-30-50(58(70(90)92-4)34-56(48)68(87)88)62(80)74-38-11-23-44(24-12-38)95-46-27-15-40(16-28-46)76-65(83)53-31-51-52(32-54(53)66(76)84)64(82)75(63(51)81)39-13-25-45(26-14-39)94-43-21-9-37(10-22-43)73-61(79)49-29-47(59(77)71-2)55(67(85)86)33-57(49)69(89)91-3/h5-34H,1-4H3,(H,71,77)(H,72,78)(H,73,79)(H,74,80)(H,85,86)(H,87,88). The lowest BCUT2D eigenvalue weighted by molar-refractivity contribution is 0.0588. The van der Waals surface area contributed by atoms with Crippen molar-refractivity contribution < 1.29 is 72.3 Å². The molecule has 4 amide bonds. The first kappa shape index (κ1) is 63.0. The van der Waals surface area contributed by atoms with Crippen molar-refractivity contribution in [2.24, 2.45) is 0 Å². The molecule has 472 valence electrons. The highest BCUT2D eigenvalue weighted by atomic mass is 16.5. The Morgan fingerprint density at radius 3 is 0.863 bits per heavy atom. The summed E-state index contributed by atoms with van der Waals surface area (Å²) in [5.41, 5.74) is -4.40. The molecule has 0 atom stereocenters. The van der Waals surface area contributed by atoms with E-state index < -0.39 is 97.6 Å². The van der Waals surface area contributed by atoms with E-state index in [4.69, 9.17) is 23.7 Å². The molecule has 0 fully saturated rings. The minimum absolute atomic E-state index is 0.108. The van der Waals surface area contributed by atoms with Gasteiger partial charge in [0.25, 0.3) is 45.9 Å². The van der Waals surface area contributed by atoms with Crippen molar-refractivity contribution in [1.82, 2.24) is 14.5 Å². The molecule has 0 saturated heterocycles. The lowest BCUT2D eigenvalue weighted by atomic mass is 9.96. The predicted octanol–water partition coefficient (Wildman–Crippen LogP) is 9.66. The molecule has 25 heteroatoms. The summed E-state index contributed by atoms with van der Waals surface area (Å²) in [6.45, 7) is 1.94. The largest absolute Gasteiger partial charge is 0.478 e. The van der Waals surface area contributed by atoms with Crippen molar-refractivity contribution in [3.05, 3.63) is 273 Å². The van der Waals surface area contributed by atoms with Crippen molar-refractivity contribution in [3.63, 3.8) is 0 Å². The average Bonchev–Trinajstić information content (AvgIpc) is 1.06. The monoisotopic (exact) mass is 1280 g/mol. The molecule has 0 aliphatic heterocycles. The number of aromatic carboxylic acids is 2. The number of anilines is 3. The zero-order chi connectivity index (χ0) is 67.5. The van der Waals surface area contributed by atoms with Gasteiger partial charge in [0, 0.05) is 24.1 Å². The van der Waals surface area contributed by atoms with E-state index in [-0.39, 0.29) is 89.7 Å². The van der Waals surface area contributed by atoms with Crippen LogP contribution < -0.4 is 57.7 Å². The summed E-state index contributed by atoms with van der Waals surface area (Å²) in [7, 11) is 3.36. The number of ether oxygens (including phenoxy) is 5. The number of rotatable bonds is 19. The Balaban J connectivity index is 0.740. The highest BCUT2D eigenvalue weighted by molar-refractivity contribution is 6.18. The van der Waals surface area contributed by atoms with Gasteiger partial charge >= 0.3 is 23.9 Å². The first-order chi connectivity index (χ1) is 45.6. The summed E-state index contributed by atoms with van der Waals surface area (Å²) in [4.78, 5) is 159. The Hall–Kier alpha value is -13.6. The molecule has 95 heavy (non-hydrogen) atoms. The van der Waals surface area contributed by atoms with Gasteiger partial charge in [0.05, 0.1) is 91.6 Å². The van der Waals surface area contributed by atoms with Crippen molar-refractivity contribution in [1.29, 1.82) is 0 Å². The molecule has 0 bridgehead atoms. The molecule has 2 heterocycles. The van der Waals surface area contributed by atoms with Gasteiger partial charge in [-0.1, -0.05) is 17.7 Å². The molecule has 0 saturated carbocycles. The van der Waals surface area contributed by atoms with Crippen LogP contribution in [0.4, 0.5) is 17.1 Å². The van der Waals surface area contributed by atoms with Crippen molar-refractivity contribution in [2.75, 3.05) is 37.2 Å². The third kappa shape index (κ3) is 12.8. The van der Waals surface area contributed by atoms with Gasteiger partial charge in [0.1, 0.15) is 34.5 Å². The maximum atomic E-state index is 13.9. The maximum absolute atomic E-state index is 13.9. The van der Waals surface area contributed by atoms with Crippen LogP contribution in [0.2, 0.25) is 0 Å². The first-order valence-corrected chi connectivity index (χ1v) is 28.3. The predicted molar refractivity (Wildman–Crippen MR) is 345 cm³/mol. The molecule has 11 rings (SSSR count). The van der Waals surface area contributed by atoms with Crippen LogP contribution in [-0.2, 0) is 9.47 Å². The molecular weight excluding hydrogens is 1230 g/mol. The van der Waals surface area contributed by atoms with Gasteiger partial charge in [0.2, 0.25) is 0 Å². The number of hydrogen-bond donors (Lipinski definition) is 6. The van der Waals surface area contributed by atoms with Crippen LogP contribution >= 0.6 is 0 Å². The normalized spacial score (nSPS) is 10.9. The van der Waals surface area contributed by atoms with E-state index in [9.17, 15) is 67.7 Å². The van der Waals surface area contributed by atoms with E-state index in [1.54, 1.807) is 24.3 Å². The summed E-state index contributed by atoms with van der Waals surface area (Å²) < 4.78 is 29.2. The Kier molecular flexibility index (Phi) is 17.3. The fourth-order valence-electron chi connectivity index (χ4n) is 10.2. The van der Waals surface area contributed by atoms with Crippen LogP contribution in [0.1, 0.15) is 88.4 Å². The SMILES string of the molecule is CNC(=O)c1cc(C(=O)Nc2ccc(Oc3ccc(-n4c(=O)c5cc6c(=O)n(-c7ccc(Oc8ccc(NC(=O)c9cc(C(=O)Nc%10ccc(Oc%11ccc(C)cc%11)cc%10)c(C(=O)O)cc9C(=O)OC)cc8)cc7)c(=O)c6cc5c4=O)cc3)cc2)c(C(=O)OC)cc1C(=O)O. The fraction of sp³-hybridized carbons (Fsp3) is 0.0571. The zero-order valence-corrected chi connectivity index (χ0v) is 50.0. The van der Waals surface area contributed by atoms with E-state index >= 15 is 0 Å². The summed E-state index contributed by atoms with van der Waals surface area (Å²) in [5, 5.41) is 29.5. The minimum Gasteiger partial charge on any atom is -0.478 e. The highest BCUT2D eigenvalue weighted by Crippen LogP contribution is 2.30.